The second kappa shape index (κ2) is 3.74. The van der Waals surface area contributed by atoms with Gasteiger partial charge in [0, 0.05) is 12.6 Å². The van der Waals surface area contributed by atoms with Crippen molar-refractivity contribution in [3.8, 4) is 0 Å². The predicted molar refractivity (Wildman–Crippen MR) is 50.6 cm³/mol. The topological polar surface area (TPSA) is 82.2 Å². The zero-order valence-corrected chi connectivity index (χ0v) is 8.00. The van der Waals surface area contributed by atoms with Gasteiger partial charge in [0.1, 0.15) is 5.78 Å². The van der Waals surface area contributed by atoms with Gasteiger partial charge in [0.25, 0.3) is 0 Å². The third-order valence-electron chi connectivity index (χ3n) is 2.38. The summed E-state index contributed by atoms with van der Waals surface area (Å²) in [6, 6.07) is 0.119. The molecule has 1 saturated heterocycles. The van der Waals surface area contributed by atoms with E-state index >= 15 is 0 Å². The van der Waals surface area contributed by atoms with Crippen LogP contribution in [-0.4, -0.2) is 42.3 Å². The van der Waals surface area contributed by atoms with Crippen molar-refractivity contribution >= 4 is 11.7 Å². The van der Waals surface area contributed by atoms with Gasteiger partial charge in [-0.2, -0.15) is 0 Å². The van der Waals surface area contributed by atoms with Crippen molar-refractivity contribution in [1.82, 2.24) is 10.2 Å². The molecule has 0 aliphatic carbocycles. The number of likely N-dealkylation sites (tertiary alicyclic amines) is 1. The summed E-state index contributed by atoms with van der Waals surface area (Å²) >= 11 is 0. The largest absolute Gasteiger partial charge is 0.370 e. The SMILES string of the molecule is CC(=O)[C@@H]1C[C@@H](NC(=N)N)CN1C. The van der Waals surface area contributed by atoms with Crippen molar-refractivity contribution in [2.45, 2.75) is 25.4 Å². The lowest BCUT2D eigenvalue weighted by molar-refractivity contribution is -0.120. The third-order valence-corrected chi connectivity index (χ3v) is 2.38. The van der Waals surface area contributed by atoms with Crippen LogP contribution >= 0.6 is 0 Å². The van der Waals surface area contributed by atoms with Gasteiger partial charge >= 0.3 is 0 Å². The summed E-state index contributed by atoms with van der Waals surface area (Å²) < 4.78 is 0. The van der Waals surface area contributed by atoms with Crippen LogP contribution in [0.5, 0.6) is 0 Å². The van der Waals surface area contributed by atoms with Gasteiger partial charge < -0.3 is 11.1 Å². The van der Waals surface area contributed by atoms with Crippen LogP contribution in [0.2, 0.25) is 0 Å². The van der Waals surface area contributed by atoms with E-state index in [4.69, 9.17) is 11.1 Å². The first kappa shape index (κ1) is 9.98. The number of guanidine groups is 1. The Morgan fingerprint density at radius 1 is 1.69 bits per heavy atom. The number of hydrogen-bond donors (Lipinski definition) is 3. The molecule has 5 heteroatoms. The van der Waals surface area contributed by atoms with Crippen LogP contribution in [0.25, 0.3) is 0 Å². The molecular weight excluding hydrogens is 168 g/mol. The first-order valence-corrected chi connectivity index (χ1v) is 4.32. The number of nitrogens with one attached hydrogen (secondary N) is 2. The molecule has 0 aromatic carbocycles. The van der Waals surface area contributed by atoms with Crippen LogP contribution < -0.4 is 11.1 Å². The van der Waals surface area contributed by atoms with Crippen LogP contribution in [0.3, 0.4) is 0 Å². The number of ketones is 1. The smallest absolute Gasteiger partial charge is 0.185 e. The zero-order valence-electron chi connectivity index (χ0n) is 8.00. The number of hydrogen-bond acceptors (Lipinski definition) is 3. The third kappa shape index (κ3) is 2.42. The highest BCUT2D eigenvalue weighted by Crippen LogP contribution is 2.15. The molecule has 1 rings (SSSR count). The van der Waals surface area contributed by atoms with Crippen molar-refractivity contribution in [3.63, 3.8) is 0 Å². The Morgan fingerprint density at radius 2 is 2.31 bits per heavy atom. The summed E-state index contributed by atoms with van der Waals surface area (Å²) in [6.45, 7) is 2.36. The minimum Gasteiger partial charge on any atom is -0.370 e. The Labute approximate surface area is 77.8 Å². The summed E-state index contributed by atoms with van der Waals surface area (Å²) in [5, 5.41) is 9.89. The van der Waals surface area contributed by atoms with Crippen LogP contribution in [0.1, 0.15) is 13.3 Å². The first-order valence-electron chi connectivity index (χ1n) is 4.32. The van der Waals surface area contributed by atoms with Gasteiger partial charge in [-0.25, -0.2) is 0 Å². The average molecular weight is 184 g/mol. The van der Waals surface area contributed by atoms with E-state index < -0.39 is 0 Å². The Kier molecular flexibility index (Phi) is 2.87. The molecule has 1 fully saturated rings. The van der Waals surface area contributed by atoms with Crippen LogP contribution in [0, 0.1) is 5.41 Å². The summed E-state index contributed by atoms with van der Waals surface area (Å²) in [6.07, 6.45) is 0.741. The summed E-state index contributed by atoms with van der Waals surface area (Å²) in [4.78, 5) is 13.1. The van der Waals surface area contributed by atoms with Crippen molar-refractivity contribution in [2.75, 3.05) is 13.6 Å². The average Bonchev–Trinajstić information content (AvgIpc) is 2.29. The number of rotatable bonds is 2. The predicted octanol–water partition coefficient (Wildman–Crippen LogP) is -0.869. The van der Waals surface area contributed by atoms with E-state index in [0.717, 1.165) is 13.0 Å². The van der Waals surface area contributed by atoms with E-state index in [-0.39, 0.29) is 23.8 Å². The van der Waals surface area contributed by atoms with Gasteiger partial charge in [-0.3, -0.25) is 15.1 Å². The van der Waals surface area contributed by atoms with E-state index in [1.54, 1.807) is 6.92 Å². The van der Waals surface area contributed by atoms with E-state index in [9.17, 15) is 4.79 Å². The van der Waals surface area contributed by atoms with Crippen molar-refractivity contribution in [3.05, 3.63) is 0 Å². The number of likely N-dealkylation sites (N-methyl/N-ethyl adjacent to an activating group) is 1. The van der Waals surface area contributed by atoms with E-state index in [1.807, 2.05) is 11.9 Å². The van der Waals surface area contributed by atoms with Gasteiger partial charge in [-0.15, -0.1) is 0 Å². The molecule has 74 valence electrons. The zero-order chi connectivity index (χ0) is 10.0. The molecular formula is C8H16N4O. The number of carbonyl (C=O) groups excluding carboxylic acids is 1. The van der Waals surface area contributed by atoms with E-state index in [2.05, 4.69) is 5.32 Å². The monoisotopic (exact) mass is 184 g/mol. The molecule has 1 aliphatic heterocycles. The molecule has 0 aromatic rings. The molecule has 13 heavy (non-hydrogen) atoms. The van der Waals surface area contributed by atoms with E-state index in [1.165, 1.54) is 0 Å². The second-order valence-corrected chi connectivity index (χ2v) is 3.56. The number of Topliss-reactive ketones (excluding diaryl/α,β-unsaturated/α-hetero) is 1. The maximum Gasteiger partial charge on any atom is 0.185 e. The van der Waals surface area contributed by atoms with Crippen LogP contribution in [0.15, 0.2) is 0 Å². The second-order valence-electron chi connectivity index (χ2n) is 3.56. The number of carbonyl (C=O) groups is 1. The minimum atomic E-state index is -0.0254. The normalized spacial score (nSPS) is 28.8. The standard InChI is InChI=1S/C8H16N4O/c1-5(13)7-3-6(4-12(7)2)11-8(9)10/h6-7H,3-4H2,1-2H3,(H4,9,10,11)/t6-,7+/m1/s1. The maximum atomic E-state index is 11.1. The fraction of sp³-hybridized carbons (Fsp3) is 0.750. The number of nitrogens with zero attached hydrogens (tertiary/aromatic N) is 1. The molecule has 4 N–H and O–H groups in total. The molecule has 0 spiro atoms. The summed E-state index contributed by atoms with van der Waals surface area (Å²) in [5.74, 6) is 0.151. The Morgan fingerprint density at radius 3 is 2.69 bits per heavy atom. The Bertz CT molecular complexity index is 228. The van der Waals surface area contributed by atoms with Crippen molar-refractivity contribution < 1.29 is 4.79 Å². The highest BCUT2D eigenvalue weighted by Gasteiger charge is 2.32. The van der Waals surface area contributed by atoms with Gasteiger partial charge in [0.05, 0.1) is 6.04 Å². The van der Waals surface area contributed by atoms with Gasteiger partial charge in [0.15, 0.2) is 5.96 Å². The fourth-order valence-corrected chi connectivity index (χ4v) is 1.80. The quantitative estimate of drug-likeness (QED) is 0.385. The van der Waals surface area contributed by atoms with Crippen molar-refractivity contribution in [2.24, 2.45) is 5.73 Å². The summed E-state index contributed by atoms with van der Waals surface area (Å²) in [7, 11) is 1.91. The molecule has 0 bridgehead atoms. The molecule has 0 saturated carbocycles. The molecule has 1 aliphatic rings. The Balaban J connectivity index is 2.50. The first-order chi connectivity index (χ1) is 6.00. The molecule has 0 amide bonds. The Hall–Kier alpha value is -1.10. The van der Waals surface area contributed by atoms with Crippen LogP contribution in [0.4, 0.5) is 0 Å². The molecule has 0 aromatic heterocycles. The highest BCUT2D eigenvalue weighted by molar-refractivity contribution is 5.82. The lowest BCUT2D eigenvalue weighted by Gasteiger charge is -2.14. The van der Waals surface area contributed by atoms with Gasteiger partial charge in [-0.05, 0) is 20.4 Å². The summed E-state index contributed by atoms with van der Waals surface area (Å²) in [5.41, 5.74) is 5.21. The maximum absolute atomic E-state index is 11.1. The minimum absolute atomic E-state index is 0.0168. The molecule has 5 nitrogen and oxygen atoms in total. The lowest BCUT2D eigenvalue weighted by Crippen LogP contribution is -2.40. The molecule has 1 heterocycles. The van der Waals surface area contributed by atoms with Gasteiger partial charge in [0.2, 0.25) is 0 Å². The molecule has 0 radical (unpaired) electrons. The van der Waals surface area contributed by atoms with Crippen LogP contribution in [-0.2, 0) is 4.79 Å². The lowest BCUT2D eigenvalue weighted by atomic mass is 10.1. The highest BCUT2D eigenvalue weighted by atomic mass is 16.1. The van der Waals surface area contributed by atoms with E-state index in [0.29, 0.717) is 0 Å². The van der Waals surface area contributed by atoms with Gasteiger partial charge in [-0.1, -0.05) is 0 Å². The molecule has 2 atom stereocenters. The fourth-order valence-electron chi connectivity index (χ4n) is 1.80. The van der Waals surface area contributed by atoms with Crippen molar-refractivity contribution in [1.29, 1.82) is 5.41 Å². The molecule has 0 unspecified atom stereocenters. The number of nitrogens with two attached hydrogens (primary N) is 1.